The van der Waals surface area contributed by atoms with Crippen LogP contribution in [-0.2, 0) is 20.7 Å². The van der Waals surface area contributed by atoms with Gasteiger partial charge in [-0.3, -0.25) is 9.59 Å². The first-order valence-electron chi connectivity index (χ1n) is 9.64. The van der Waals surface area contributed by atoms with Crippen LogP contribution in [0.3, 0.4) is 0 Å². The molecule has 1 saturated carbocycles. The predicted octanol–water partition coefficient (Wildman–Crippen LogP) is 4.15. The van der Waals surface area contributed by atoms with Crippen LogP contribution in [0.25, 0.3) is 10.8 Å². The standard InChI is InChI=1S/C22H27NO3/c24-21(23-19-12-4-2-1-3-5-13-19)16-26-22(25)15-18-11-8-10-17-9-6-7-14-20(17)18/h6-11,14,19H,1-5,12-13,15-16H2,(H,23,24). The molecule has 0 bridgehead atoms. The van der Waals surface area contributed by atoms with Crippen LogP contribution in [0.1, 0.15) is 50.5 Å². The Hall–Kier alpha value is -2.36. The highest BCUT2D eigenvalue weighted by molar-refractivity contribution is 5.89. The molecule has 0 saturated heterocycles. The van der Waals surface area contributed by atoms with Gasteiger partial charge in [-0.2, -0.15) is 0 Å². The van der Waals surface area contributed by atoms with Crippen LogP contribution < -0.4 is 5.32 Å². The van der Waals surface area contributed by atoms with Crippen molar-refractivity contribution in [1.29, 1.82) is 0 Å². The number of esters is 1. The van der Waals surface area contributed by atoms with Gasteiger partial charge < -0.3 is 10.1 Å². The number of carbonyl (C=O) groups is 2. The van der Waals surface area contributed by atoms with Gasteiger partial charge in [-0.1, -0.05) is 74.6 Å². The van der Waals surface area contributed by atoms with E-state index in [2.05, 4.69) is 5.32 Å². The minimum absolute atomic E-state index is 0.179. The summed E-state index contributed by atoms with van der Waals surface area (Å²) in [7, 11) is 0. The summed E-state index contributed by atoms with van der Waals surface area (Å²) in [5.41, 5.74) is 0.925. The van der Waals surface area contributed by atoms with Crippen molar-refractivity contribution in [1.82, 2.24) is 5.32 Å². The van der Waals surface area contributed by atoms with Gasteiger partial charge in [0, 0.05) is 6.04 Å². The minimum Gasteiger partial charge on any atom is -0.455 e. The number of ether oxygens (including phenoxy) is 1. The fourth-order valence-corrected chi connectivity index (χ4v) is 3.67. The zero-order valence-corrected chi connectivity index (χ0v) is 15.2. The van der Waals surface area contributed by atoms with E-state index in [4.69, 9.17) is 4.74 Å². The molecule has 0 unspecified atom stereocenters. The van der Waals surface area contributed by atoms with Crippen LogP contribution in [0.5, 0.6) is 0 Å². The van der Waals surface area contributed by atoms with E-state index < -0.39 is 0 Å². The molecule has 3 rings (SSSR count). The highest BCUT2D eigenvalue weighted by atomic mass is 16.5. The Bertz CT molecular complexity index is 743. The zero-order chi connectivity index (χ0) is 18.2. The summed E-state index contributed by atoms with van der Waals surface area (Å²) in [4.78, 5) is 24.2. The lowest BCUT2D eigenvalue weighted by molar-refractivity contribution is -0.148. The molecule has 0 spiro atoms. The summed E-state index contributed by atoms with van der Waals surface area (Å²) in [6, 6.07) is 14.1. The van der Waals surface area contributed by atoms with Gasteiger partial charge in [-0.15, -0.1) is 0 Å². The third-order valence-electron chi connectivity index (χ3n) is 5.05. The number of carbonyl (C=O) groups excluding carboxylic acids is 2. The molecular formula is C22H27NO3. The van der Waals surface area contributed by atoms with E-state index in [1.54, 1.807) is 0 Å². The number of benzene rings is 2. The van der Waals surface area contributed by atoms with E-state index in [9.17, 15) is 9.59 Å². The monoisotopic (exact) mass is 353 g/mol. The van der Waals surface area contributed by atoms with Crippen LogP contribution in [0, 0.1) is 0 Å². The van der Waals surface area contributed by atoms with E-state index in [-0.39, 0.29) is 30.9 Å². The number of hydrogen-bond donors (Lipinski definition) is 1. The van der Waals surface area contributed by atoms with Crippen LogP contribution in [0.15, 0.2) is 42.5 Å². The van der Waals surface area contributed by atoms with Crippen molar-refractivity contribution in [2.24, 2.45) is 0 Å². The molecule has 0 atom stereocenters. The van der Waals surface area contributed by atoms with Crippen LogP contribution in [0.2, 0.25) is 0 Å². The maximum atomic E-state index is 12.2. The van der Waals surface area contributed by atoms with Crippen molar-refractivity contribution in [3.63, 3.8) is 0 Å². The molecule has 1 N–H and O–H groups in total. The average Bonchev–Trinajstić information content (AvgIpc) is 2.62. The highest BCUT2D eigenvalue weighted by Gasteiger charge is 2.15. The Labute approximate surface area is 154 Å². The minimum atomic E-state index is -0.367. The lowest BCUT2D eigenvalue weighted by Gasteiger charge is -2.20. The summed E-state index contributed by atoms with van der Waals surface area (Å²) in [6.45, 7) is -0.194. The van der Waals surface area contributed by atoms with Crippen molar-refractivity contribution in [3.8, 4) is 0 Å². The quantitative estimate of drug-likeness (QED) is 0.822. The van der Waals surface area contributed by atoms with Gasteiger partial charge in [0.25, 0.3) is 5.91 Å². The summed E-state index contributed by atoms with van der Waals surface area (Å²) in [6.07, 6.45) is 8.33. The van der Waals surface area contributed by atoms with Gasteiger partial charge >= 0.3 is 5.97 Å². The molecule has 2 aromatic carbocycles. The molecule has 1 amide bonds. The van der Waals surface area contributed by atoms with E-state index >= 15 is 0 Å². The van der Waals surface area contributed by atoms with Gasteiger partial charge in [0.15, 0.2) is 6.61 Å². The normalized spacial score (nSPS) is 15.8. The number of amides is 1. The van der Waals surface area contributed by atoms with Crippen LogP contribution in [0.4, 0.5) is 0 Å². The molecule has 2 aromatic rings. The Balaban J connectivity index is 1.48. The SMILES string of the molecule is O=C(COC(=O)Cc1cccc2ccccc12)NC1CCCCCCC1. The molecule has 26 heavy (non-hydrogen) atoms. The number of hydrogen-bond acceptors (Lipinski definition) is 3. The van der Waals surface area contributed by atoms with Gasteiger partial charge in [-0.25, -0.2) is 0 Å². The second-order valence-electron chi connectivity index (χ2n) is 7.09. The first-order chi connectivity index (χ1) is 12.7. The molecule has 138 valence electrons. The van der Waals surface area contributed by atoms with Crippen molar-refractivity contribution >= 4 is 22.6 Å². The first-order valence-corrected chi connectivity index (χ1v) is 9.64. The summed E-state index contributed by atoms with van der Waals surface area (Å²) in [5.74, 6) is -0.559. The van der Waals surface area contributed by atoms with Gasteiger partial charge in [-0.05, 0) is 29.2 Å². The van der Waals surface area contributed by atoms with E-state index in [0.717, 1.165) is 42.0 Å². The summed E-state index contributed by atoms with van der Waals surface area (Å²) < 4.78 is 5.20. The molecule has 1 fully saturated rings. The largest absolute Gasteiger partial charge is 0.455 e. The molecule has 0 heterocycles. The topological polar surface area (TPSA) is 55.4 Å². The zero-order valence-electron chi connectivity index (χ0n) is 15.2. The second-order valence-corrected chi connectivity index (χ2v) is 7.09. The average molecular weight is 353 g/mol. The van der Waals surface area contributed by atoms with Crippen molar-refractivity contribution in [3.05, 3.63) is 48.0 Å². The van der Waals surface area contributed by atoms with Crippen LogP contribution >= 0.6 is 0 Å². The first kappa shape index (κ1) is 18.4. The van der Waals surface area contributed by atoms with Crippen LogP contribution in [-0.4, -0.2) is 24.5 Å². The number of fused-ring (bicyclic) bond motifs is 1. The molecule has 1 aliphatic carbocycles. The fraction of sp³-hybridized carbons (Fsp3) is 0.455. The Morgan fingerprint density at radius 1 is 0.923 bits per heavy atom. The Kier molecular flexibility index (Phi) is 6.64. The number of nitrogens with one attached hydrogen (secondary N) is 1. The second kappa shape index (κ2) is 9.37. The van der Waals surface area contributed by atoms with E-state index in [1.165, 1.54) is 19.3 Å². The third kappa shape index (κ3) is 5.32. The molecule has 0 aromatic heterocycles. The molecule has 0 aliphatic heterocycles. The molecular weight excluding hydrogens is 326 g/mol. The van der Waals surface area contributed by atoms with Crippen molar-refractivity contribution in [2.75, 3.05) is 6.61 Å². The predicted molar refractivity (Wildman–Crippen MR) is 103 cm³/mol. The Morgan fingerprint density at radius 3 is 2.42 bits per heavy atom. The molecule has 4 heteroatoms. The third-order valence-corrected chi connectivity index (χ3v) is 5.05. The summed E-state index contributed by atoms with van der Waals surface area (Å²) in [5, 5.41) is 5.16. The van der Waals surface area contributed by atoms with E-state index in [0.29, 0.717) is 0 Å². The van der Waals surface area contributed by atoms with Gasteiger partial charge in [0.1, 0.15) is 0 Å². The lowest BCUT2D eigenvalue weighted by atomic mass is 9.97. The molecule has 1 aliphatic rings. The van der Waals surface area contributed by atoms with E-state index in [1.807, 2.05) is 42.5 Å². The lowest BCUT2D eigenvalue weighted by Crippen LogP contribution is -2.38. The molecule has 0 radical (unpaired) electrons. The maximum absolute atomic E-state index is 12.2. The van der Waals surface area contributed by atoms with Gasteiger partial charge in [0.05, 0.1) is 6.42 Å². The van der Waals surface area contributed by atoms with Gasteiger partial charge in [0.2, 0.25) is 0 Å². The van der Waals surface area contributed by atoms with Crippen molar-refractivity contribution < 1.29 is 14.3 Å². The number of rotatable bonds is 5. The summed E-state index contributed by atoms with van der Waals surface area (Å²) >= 11 is 0. The smallest absolute Gasteiger partial charge is 0.310 e. The fourth-order valence-electron chi connectivity index (χ4n) is 3.67. The molecule has 4 nitrogen and oxygen atoms in total. The highest BCUT2D eigenvalue weighted by Crippen LogP contribution is 2.19. The Morgan fingerprint density at radius 2 is 1.62 bits per heavy atom. The van der Waals surface area contributed by atoms with Crippen molar-refractivity contribution in [2.45, 2.75) is 57.4 Å². The maximum Gasteiger partial charge on any atom is 0.310 e.